The fourth-order valence-corrected chi connectivity index (χ4v) is 6.96. The summed E-state index contributed by atoms with van der Waals surface area (Å²) in [6, 6.07) is 11.2. The maximum atomic E-state index is 13.2. The monoisotopic (exact) mass is 523 g/mol. The second-order valence-corrected chi connectivity index (χ2v) is 12.0. The molecule has 0 radical (unpaired) electrons. The summed E-state index contributed by atoms with van der Waals surface area (Å²) in [7, 11) is -3.52. The summed E-state index contributed by atoms with van der Waals surface area (Å²) >= 11 is 12.1. The molecule has 6 nitrogen and oxygen atoms in total. The predicted molar refractivity (Wildman–Crippen MR) is 138 cm³/mol. The number of piperazine rings is 1. The van der Waals surface area contributed by atoms with Crippen LogP contribution >= 0.6 is 23.2 Å². The van der Waals surface area contributed by atoms with E-state index in [0.29, 0.717) is 54.6 Å². The Morgan fingerprint density at radius 1 is 0.971 bits per heavy atom. The van der Waals surface area contributed by atoms with Gasteiger partial charge in [-0.2, -0.15) is 0 Å². The van der Waals surface area contributed by atoms with Gasteiger partial charge in [-0.25, -0.2) is 12.7 Å². The molecule has 2 saturated heterocycles. The van der Waals surface area contributed by atoms with Crippen LogP contribution in [0.4, 0.5) is 5.69 Å². The summed E-state index contributed by atoms with van der Waals surface area (Å²) in [5, 5.41) is 0.821. The number of carbonyl (C=O) groups is 1. The highest BCUT2D eigenvalue weighted by Gasteiger charge is 2.34. The van der Waals surface area contributed by atoms with E-state index in [-0.39, 0.29) is 17.6 Å². The van der Waals surface area contributed by atoms with E-state index in [1.54, 1.807) is 18.2 Å². The molecular formula is C25H31Cl2N3O3S. The molecule has 184 valence electrons. The van der Waals surface area contributed by atoms with Crippen molar-refractivity contribution >= 4 is 44.8 Å². The Morgan fingerprint density at radius 2 is 1.65 bits per heavy atom. The lowest BCUT2D eigenvalue weighted by Crippen LogP contribution is -2.52. The Balaban J connectivity index is 1.30. The van der Waals surface area contributed by atoms with Gasteiger partial charge in [0.05, 0.1) is 5.75 Å². The highest BCUT2D eigenvalue weighted by Crippen LogP contribution is 2.28. The van der Waals surface area contributed by atoms with Crippen molar-refractivity contribution in [3.63, 3.8) is 0 Å². The molecule has 2 heterocycles. The number of hydrogen-bond donors (Lipinski definition) is 0. The molecule has 9 heteroatoms. The summed E-state index contributed by atoms with van der Waals surface area (Å²) in [5.41, 5.74) is 4.34. The number of rotatable bonds is 5. The molecule has 2 aromatic carbocycles. The second-order valence-electron chi connectivity index (χ2n) is 9.20. The van der Waals surface area contributed by atoms with Gasteiger partial charge in [0.25, 0.3) is 0 Å². The number of halogens is 2. The van der Waals surface area contributed by atoms with Crippen LogP contribution in [0.5, 0.6) is 0 Å². The summed E-state index contributed by atoms with van der Waals surface area (Å²) in [4.78, 5) is 17.4. The number of nitrogens with zero attached hydrogens (tertiary/aromatic N) is 3. The average Bonchev–Trinajstić information content (AvgIpc) is 2.82. The van der Waals surface area contributed by atoms with E-state index < -0.39 is 10.0 Å². The molecule has 4 rings (SSSR count). The van der Waals surface area contributed by atoms with Gasteiger partial charge in [-0.1, -0.05) is 41.4 Å². The molecule has 0 aromatic heterocycles. The summed E-state index contributed by atoms with van der Waals surface area (Å²) in [6.45, 7) is 7.98. The van der Waals surface area contributed by atoms with Crippen LogP contribution in [0.2, 0.25) is 10.0 Å². The zero-order valence-electron chi connectivity index (χ0n) is 19.6. The quantitative estimate of drug-likeness (QED) is 0.578. The van der Waals surface area contributed by atoms with Crippen LogP contribution < -0.4 is 4.90 Å². The molecule has 0 saturated carbocycles. The molecule has 0 unspecified atom stereocenters. The molecule has 2 aliphatic heterocycles. The van der Waals surface area contributed by atoms with E-state index in [4.69, 9.17) is 23.2 Å². The summed E-state index contributed by atoms with van der Waals surface area (Å²) in [6.07, 6.45) is 1.09. The third kappa shape index (κ3) is 5.54. The van der Waals surface area contributed by atoms with Gasteiger partial charge >= 0.3 is 0 Å². The highest BCUT2D eigenvalue weighted by atomic mass is 35.5. The van der Waals surface area contributed by atoms with Crippen molar-refractivity contribution < 1.29 is 13.2 Å². The van der Waals surface area contributed by atoms with Gasteiger partial charge in [0, 0.05) is 60.9 Å². The Morgan fingerprint density at radius 3 is 2.29 bits per heavy atom. The van der Waals surface area contributed by atoms with Crippen molar-refractivity contribution in [1.82, 2.24) is 9.21 Å². The standard InChI is InChI=1S/C25H31Cl2N3O3S/c1-18-4-3-5-24(19(18)2)28-12-14-29(15-13-28)25(31)20-8-10-30(11-9-20)34(32,33)17-21-6-7-22(26)16-23(21)27/h3-7,16,20H,8-15,17H2,1-2H3. The number of carbonyl (C=O) groups excluding carboxylic acids is 1. The Hall–Kier alpha value is -1.80. The maximum Gasteiger partial charge on any atom is 0.225 e. The van der Waals surface area contributed by atoms with Gasteiger partial charge in [0.1, 0.15) is 0 Å². The molecule has 0 spiro atoms. The number of benzene rings is 2. The fraction of sp³-hybridized carbons (Fsp3) is 0.480. The van der Waals surface area contributed by atoms with Gasteiger partial charge in [-0.3, -0.25) is 4.79 Å². The zero-order chi connectivity index (χ0) is 24.5. The lowest BCUT2D eigenvalue weighted by molar-refractivity contribution is -0.137. The van der Waals surface area contributed by atoms with Crippen molar-refractivity contribution in [2.24, 2.45) is 5.92 Å². The Kier molecular flexibility index (Phi) is 7.77. The van der Waals surface area contributed by atoms with Crippen molar-refractivity contribution in [3.8, 4) is 0 Å². The first-order valence-electron chi connectivity index (χ1n) is 11.7. The molecule has 0 aliphatic carbocycles. The first-order chi connectivity index (χ1) is 16.2. The molecular weight excluding hydrogens is 493 g/mol. The van der Waals surface area contributed by atoms with Gasteiger partial charge in [0.2, 0.25) is 15.9 Å². The average molecular weight is 525 g/mol. The second kappa shape index (κ2) is 10.4. The first-order valence-corrected chi connectivity index (χ1v) is 14.0. The fourth-order valence-electron chi connectivity index (χ4n) is 4.81. The lowest BCUT2D eigenvalue weighted by atomic mass is 9.96. The number of anilines is 1. The van der Waals surface area contributed by atoms with Crippen LogP contribution in [0.25, 0.3) is 0 Å². The van der Waals surface area contributed by atoms with E-state index in [1.807, 2.05) is 4.90 Å². The maximum absolute atomic E-state index is 13.2. The minimum absolute atomic E-state index is 0.127. The van der Waals surface area contributed by atoms with Crippen molar-refractivity contribution in [2.75, 3.05) is 44.2 Å². The van der Waals surface area contributed by atoms with Crippen molar-refractivity contribution in [2.45, 2.75) is 32.4 Å². The smallest absolute Gasteiger partial charge is 0.225 e. The third-order valence-electron chi connectivity index (χ3n) is 7.06. The number of piperidine rings is 1. The molecule has 2 aromatic rings. The van der Waals surface area contributed by atoms with Crippen LogP contribution in [0.3, 0.4) is 0 Å². The molecule has 1 amide bonds. The number of hydrogen-bond acceptors (Lipinski definition) is 4. The largest absolute Gasteiger partial charge is 0.368 e. The van der Waals surface area contributed by atoms with Gasteiger partial charge < -0.3 is 9.80 Å². The minimum atomic E-state index is -3.52. The van der Waals surface area contributed by atoms with E-state index in [0.717, 1.165) is 13.1 Å². The highest BCUT2D eigenvalue weighted by molar-refractivity contribution is 7.88. The van der Waals surface area contributed by atoms with E-state index >= 15 is 0 Å². The SMILES string of the molecule is Cc1cccc(N2CCN(C(=O)C3CCN(S(=O)(=O)Cc4ccc(Cl)cc4Cl)CC3)CC2)c1C. The molecule has 34 heavy (non-hydrogen) atoms. The molecule has 0 bridgehead atoms. The van der Waals surface area contributed by atoms with Crippen LogP contribution in [0.1, 0.15) is 29.5 Å². The molecule has 0 N–H and O–H groups in total. The van der Waals surface area contributed by atoms with Crippen LogP contribution in [-0.2, 0) is 20.6 Å². The Bertz CT molecular complexity index is 1160. The van der Waals surface area contributed by atoms with Crippen LogP contribution in [0, 0.1) is 19.8 Å². The lowest BCUT2D eigenvalue weighted by Gasteiger charge is -2.39. The number of sulfonamides is 1. The first kappa shape index (κ1) is 25.3. The third-order valence-corrected chi connectivity index (χ3v) is 9.47. The van der Waals surface area contributed by atoms with Gasteiger partial charge in [0.15, 0.2) is 0 Å². The minimum Gasteiger partial charge on any atom is -0.368 e. The molecule has 2 fully saturated rings. The zero-order valence-corrected chi connectivity index (χ0v) is 22.0. The molecule has 0 atom stereocenters. The summed E-state index contributed by atoms with van der Waals surface area (Å²) < 4.78 is 27.3. The Labute approximate surface area is 212 Å². The molecule has 2 aliphatic rings. The van der Waals surface area contributed by atoms with Crippen LogP contribution in [-0.4, -0.2) is 62.8 Å². The van der Waals surface area contributed by atoms with Gasteiger partial charge in [-0.05, 0) is 61.6 Å². The predicted octanol–water partition coefficient (Wildman–Crippen LogP) is 4.50. The number of aryl methyl sites for hydroxylation is 1. The van der Waals surface area contributed by atoms with E-state index in [9.17, 15) is 13.2 Å². The van der Waals surface area contributed by atoms with E-state index in [2.05, 4.69) is 36.9 Å². The van der Waals surface area contributed by atoms with Gasteiger partial charge in [-0.15, -0.1) is 0 Å². The number of amides is 1. The van der Waals surface area contributed by atoms with E-state index in [1.165, 1.54) is 21.1 Å². The topological polar surface area (TPSA) is 60.9 Å². The normalized spacial score (nSPS) is 18.4. The van der Waals surface area contributed by atoms with Crippen molar-refractivity contribution in [3.05, 3.63) is 63.1 Å². The van der Waals surface area contributed by atoms with Crippen LogP contribution in [0.15, 0.2) is 36.4 Å². The summed E-state index contributed by atoms with van der Waals surface area (Å²) in [5.74, 6) is -0.140. The van der Waals surface area contributed by atoms with Crippen molar-refractivity contribution in [1.29, 1.82) is 0 Å².